The predicted octanol–water partition coefficient (Wildman–Crippen LogP) is 4.81. The molecule has 0 bridgehead atoms. The molecule has 0 spiro atoms. The molecule has 31 heavy (non-hydrogen) atoms. The lowest BCUT2D eigenvalue weighted by Crippen LogP contribution is -2.15. The molecule has 5 heteroatoms. The van der Waals surface area contributed by atoms with Crippen molar-refractivity contribution in [1.29, 1.82) is 0 Å². The number of carbonyl (C=O) groups is 2. The highest BCUT2D eigenvalue weighted by Crippen LogP contribution is 2.16. The molecule has 160 valence electrons. The molecule has 0 fully saturated rings. The zero-order valence-corrected chi connectivity index (χ0v) is 17.5. The Kier molecular flexibility index (Phi) is 8.68. The van der Waals surface area contributed by atoms with Crippen molar-refractivity contribution in [2.75, 3.05) is 18.5 Å². The molecular formula is C26H27NO4. The van der Waals surface area contributed by atoms with Crippen LogP contribution in [0.25, 0.3) is 0 Å². The largest absolute Gasteiger partial charge is 0.493 e. The number of esters is 1. The van der Waals surface area contributed by atoms with Gasteiger partial charge in [-0.2, -0.15) is 0 Å². The highest BCUT2D eigenvalue weighted by Gasteiger charge is 2.09. The van der Waals surface area contributed by atoms with E-state index in [0.29, 0.717) is 25.3 Å². The van der Waals surface area contributed by atoms with E-state index in [1.807, 2.05) is 60.7 Å². The van der Waals surface area contributed by atoms with Crippen LogP contribution in [-0.4, -0.2) is 25.1 Å². The third kappa shape index (κ3) is 8.34. The van der Waals surface area contributed by atoms with E-state index in [2.05, 4.69) is 17.4 Å². The van der Waals surface area contributed by atoms with Crippen molar-refractivity contribution in [3.05, 3.63) is 96.1 Å². The second-order valence-electron chi connectivity index (χ2n) is 7.11. The molecule has 1 amide bonds. The molecule has 0 atom stereocenters. The second-order valence-corrected chi connectivity index (χ2v) is 7.11. The molecule has 0 aromatic heterocycles. The summed E-state index contributed by atoms with van der Waals surface area (Å²) in [5, 5.41) is 2.79. The summed E-state index contributed by atoms with van der Waals surface area (Å²) in [7, 11) is 0. The molecule has 3 aromatic carbocycles. The molecule has 0 heterocycles. The fourth-order valence-corrected chi connectivity index (χ4v) is 3.00. The smallest absolute Gasteiger partial charge is 0.306 e. The quantitative estimate of drug-likeness (QED) is 0.455. The SMILES string of the molecule is O=C(CCC(=O)OCCc1ccccc1)Nc1ccc(OCCc2ccccc2)cc1. The molecule has 1 N–H and O–H groups in total. The summed E-state index contributed by atoms with van der Waals surface area (Å²) in [4.78, 5) is 23.9. The van der Waals surface area contributed by atoms with Gasteiger partial charge in [0, 0.05) is 24.9 Å². The Bertz CT molecular complexity index is 940. The van der Waals surface area contributed by atoms with Gasteiger partial charge >= 0.3 is 5.97 Å². The monoisotopic (exact) mass is 417 g/mol. The minimum absolute atomic E-state index is 0.0568. The number of carbonyl (C=O) groups excluding carboxylic acids is 2. The van der Waals surface area contributed by atoms with Crippen LogP contribution in [0.5, 0.6) is 5.75 Å². The summed E-state index contributed by atoms with van der Waals surface area (Å²) in [5.41, 5.74) is 3.00. The molecule has 3 aromatic rings. The highest BCUT2D eigenvalue weighted by atomic mass is 16.5. The Balaban J connectivity index is 1.31. The molecule has 0 saturated carbocycles. The Hall–Kier alpha value is -3.60. The average Bonchev–Trinajstić information content (AvgIpc) is 2.80. The lowest BCUT2D eigenvalue weighted by molar-refractivity contribution is -0.144. The summed E-state index contributed by atoms with van der Waals surface area (Å²) in [6.45, 7) is 0.901. The number of amides is 1. The highest BCUT2D eigenvalue weighted by molar-refractivity contribution is 5.92. The minimum Gasteiger partial charge on any atom is -0.493 e. The van der Waals surface area contributed by atoms with E-state index in [1.165, 1.54) is 5.56 Å². The standard InChI is InChI=1S/C26H27NO4/c28-25(15-16-26(29)31-20-18-22-9-5-2-6-10-22)27-23-11-13-24(14-12-23)30-19-17-21-7-3-1-4-8-21/h1-14H,15-20H2,(H,27,28). The van der Waals surface area contributed by atoms with Gasteiger partial charge in [-0.25, -0.2) is 0 Å². The molecule has 0 aliphatic heterocycles. The molecular weight excluding hydrogens is 390 g/mol. The summed E-state index contributed by atoms with van der Waals surface area (Å²) in [6, 6.07) is 27.2. The Labute approximate surface area is 183 Å². The predicted molar refractivity (Wildman–Crippen MR) is 121 cm³/mol. The summed E-state index contributed by atoms with van der Waals surface area (Å²) >= 11 is 0. The van der Waals surface area contributed by atoms with Gasteiger partial charge in [0.2, 0.25) is 5.91 Å². The second kappa shape index (κ2) is 12.2. The van der Waals surface area contributed by atoms with Crippen LogP contribution in [0.15, 0.2) is 84.9 Å². The van der Waals surface area contributed by atoms with Gasteiger partial charge in [-0.3, -0.25) is 9.59 Å². The summed E-state index contributed by atoms with van der Waals surface area (Å²) < 4.78 is 10.9. The first-order valence-corrected chi connectivity index (χ1v) is 10.5. The maximum atomic E-state index is 12.1. The number of rotatable bonds is 11. The number of nitrogens with one attached hydrogen (secondary N) is 1. The first kappa shape index (κ1) is 22.1. The van der Waals surface area contributed by atoms with Crippen molar-refractivity contribution in [3.8, 4) is 5.75 Å². The fraction of sp³-hybridized carbons (Fsp3) is 0.231. The Morgan fingerprint density at radius 2 is 1.26 bits per heavy atom. The molecule has 5 nitrogen and oxygen atoms in total. The van der Waals surface area contributed by atoms with Crippen molar-refractivity contribution in [3.63, 3.8) is 0 Å². The van der Waals surface area contributed by atoms with Crippen LogP contribution in [0, 0.1) is 0 Å². The van der Waals surface area contributed by atoms with Gasteiger partial charge in [-0.1, -0.05) is 60.7 Å². The van der Waals surface area contributed by atoms with Crippen LogP contribution < -0.4 is 10.1 Å². The normalized spacial score (nSPS) is 10.3. The molecule has 0 unspecified atom stereocenters. The first-order valence-electron chi connectivity index (χ1n) is 10.5. The third-order valence-corrected chi connectivity index (χ3v) is 4.69. The Morgan fingerprint density at radius 3 is 1.87 bits per heavy atom. The topological polar surface area (TPSA) is 64.6 Å². The third-order valence-electron chi connectivity index (χ3n) is 4.69. The summed E-state index contributed by atoms with van der Waals surface area (Å²) in [6.07, 6.45) is 1.64. The Morgan fingerprint density at radius 1 is 0.677 bits per heavy atom. The lowest BCUT2D eigenvalue weighted by atomic mass is 10.2. The van der Waals surface area contributed by atoms with E-state index in [9.17, 15) is 9.59 Å². The van der Waals surface area contributed by atoms with Crippen molar-refractivity contribution in [2.45, 2.75) is 25.7 Å². The van der Waals surface area contributed by atoms with Crippen LogP contribution >= 0.6 is 0 Å². The number of ether oxygens (including phenoxy) is 2. The fourth-order valence-electron chi connectivity index (χ4n) is 3.00. The van der Waals surface area contributed by atoms with Crippen LogP contribution in [0.1, 0.15) is 24.0 Å². The van der Waals surface area contributed by atoms with Crippen molar-refractivity contribution in [1.82, 2.24) is 0 Å². The number of hydrogen-bond acceptors (Lipinski definition) is 4. The van der Waals surface area contributed by atoms with E-state index in [0.717, 1.165) is 17.7 Å². The number of hydrogen-bond donors (Lipinski definition) is 1. The maximum absolute atomic E-state index is 12.1. The van der Waals surface area contributed by atoms with E-state index in [-0.39, 0.29) is 24.7 Å². The number of benzene rings is 3. The van der Waals surface area contributed by atoms with E-state index >= 15 is 0 Å². The average molecular weight is 418 g/mol. The first-order chi connectivity index (χ1) is 15.2. The van der Waals surface area contributed by atoms with Crippen LogP contribution in [0.4, 0.5) is 5.69 Å². The maximum Gasteiger partial charge on any atom is 0.306 e. The van der Waals surface area contributed by atoms with E-state index in [4.69, 9.17) is 9.47 Å². The van der Waals surface area contributed by atoms with Crippen LogP contribution in [0.3, 0.4) is 0 Å². The molecule has 0 radical (unpaired) electrons. The van der Waals surface area contributed by atoms with Gasteiger partial charge in [0.25, 0.3) is 0 Å². The zero-order valence-electron chi connectivity index (χ0n) is 17.5. The van der Waals surface area contributed by atoms with Gasteiger partial charge in [0.15, 0.2) is 0 Å². The molecule has 0 saturated heterocycles. The molecule has 0 aliphatic rings. The van der Waals surface area contributed by atoms with Gasteiger partial charge < -0.3 is 14.8 Å². The van der Waals surface area contributed by atoms with E-state index in [1.54, 1.807) is 12.1 Å². The van der Waals surface area contributed by atoms with Crippen LogP contribution in [-0.2, 0) is 27.2 Å². The summed E-state index contributed by atoms with van der Waals surface area (Å²) in [5.74, 6) is 0.155. The molecule has 3 rings (SSSR count). The van der Waals surface area contributed by atoms with Gasteiger partial charge in [-0.15, -0.1) is 0 Å². The lowest BCUT2D eigenvalue weighted by Gasteiger charge is -2.09. The number of anilines is 1. The minimum atomic E-state index is -0.367. The zero-order chi connectivity index (χ0) is 21.7. The molecule has 0 aliphatic carbocycles. The van der Waals surface area contributed by atoms with Gasteiger partial charge in [-0.05, 0) is 35.4 Å². The van der Waals surface area contributed by atoms with Crippen molar-refractivity contribution >= 4 is 17.6 Å². The van der Waals surface area contributed by atoms with Gasteiger partial charge in [0.05, 0.1) is 19.6 Å². The van der Waals surface area contributed by atoms with E-state index < -0.39 is 0 Å². The van der Waals surface area contributed by atoms with Crippen LogP contribution in [0.2, 0.25) is 0 Å². The van der Waals surface area contributed by atoms with Crippen molar-refractivity contribution in [2.24, 2.45) is 0 Å². The van der Waals surface area contributed by atoms with Gasteiger partial charge in [0.1, 0.15) is 5.75 Å². The van der Waals surface area contributed by atoms with Crippen molar-refractivity contribution < 1.29 is 19.1 Å².